The van der Waals surface area contributed by atoms with Crippen LogP contribution in [0.4, 0.5) is 5.82 Å². The number of hydrogen-bond donors (Lipinski definition) is 1. The zero-order valence-electron chi connectivity index (χ0n) is 8.99. The third-order valence-corrected chi connectivity index (χ3v) is 4.07. The van der Waals surface area contributed by atoms with Crippen molar-refractivity contribution in [2.24, 2.45) is 0 Å². The van der Waals surface area contributed by atoms with Gasteiger partial charge in [-0.1, -0.05) is 11.6 Å². The molecule has 0 saturated carbocycles. The second-order valence-electron chi connectivity index (χ2n) is 3.84. The third-order valence-electron chi connectivity index (χ3n) is 2.48. The highest BCUT2D eigenvalue weighted by atomic mass is 35.5. The van der Waals surface area contributed by atoms with Crippen LogP contribution in [0.1, 0.15) is 0 Å². The van der Waals surface area contributed by atoms with Crippen molar-refractivity contribution in [2.75, 3.05) is 11.1 Å². The van der Waals surface area contributed by atoms with Crippen LogP contribution in [-0.4, -0.2) is 39.8 Å². The zero-order chi connectivity index (χ0) is 12.8. The summed E-state index contributed by atoms with van der Waals surface area (Å²) in [5.41, 5.74) is 0. The molecule has 94 valence electrons. The Morgan fingerprint density at radius 2 is 2.33 bits per heavy atom. The van der Waals surface area contributed by atoms with Gasteiger partial charge in [-0.05, 0) is 6.08 Å². The van der Waals surface area contributed by atoms with Gasteiger partial charge in [-0.2, -0.15) is 19.6 Å². The second kappa shape index (κ2) is 3.92. The summed E-state index contributed by atoms with van der Waals surface area (Å²) < 4.78 is 24.1. The number of nitrogens with one attached hydrogen (secondary N) is 1. The average Bonchev–Trinajstić information content (AvgIpc) is 2.84. The van der Waals surface area contributed by atoms with Crippen LogP contribution in [-0.2, 0) is 9.84 Å². The first-order valence-electron chi connectivity index (χ1n) is 5.07. The van der Waals surface area contributed by atoms with E-state index in [0.29, 0.717) is 11.6 Å². The Balaban J connectivity index is 1.96. The normalized spacial score (nSPS) is 21.5. The summed E-state index contributed by atoms with van der Waals surface area (Å²) in [5.74, 6) is 0.924. The Morgan fingerprint density at radius 1 is 1.50 bits per heavy atom. The van der Waals surface area contributed by atoms with E-state index < -0.39 is 9.84 Å². The van der Waals surface area contributed by atoms with Crippen molar-refractivity contribution in [2.45, 2.75) is 6.04 Å². The van der Waals surface area contributed by atoms with E-state index in [1.165, 1.54) is 16.3 Å². The summed E-state index contributed by atoms with van der Waals surface area (Å²) in [4.78, 5) is 7.90. The molecule has 0 bridgehead atoms. The minimum Gasteiger partial charge on any atom is -0.363 e. The van der Waals surface area contributed by atoms with E-state index in [0.717, 1.165) is 0 Å². The monoisotopic (exact) mass is 285 g/mol. The smallest absolute Gasteiger partial charge is 0.255 e. The molecule has 1 unspecified atom stereocenters. The maximum Gasteiger partial charge on any atom is 0.255 e. The van der Waals surface area contributed by atoms with Crippen molar-refractivity contribution >= 4 is 33.0 Å². The van der Waals surface area contributed by atoms with Crippen LogP contribution >= 0.6 is 11.6 Å². The van der Waals surface area contributed by atoms with Gasteiger partial charge in [0.05, 0.1) is 11.8 Å². The number of aromatic nitrogens is 4. The van der Waals surface area contributed by atoms with Gasteiger partial charge in [-0.15, -0.1) is 0 Å². The van der Waals surface area contributed by atoms with Crippen molar-refractivity contribution < 1.29 is 8.42 Å². The van der Waals surface area contributed by atoms with Gasteiger partial charge in [0.25, 0.3) is 5.78 Å². The fourth-order valence-electron chi connectivity index (χ4n) is 1.74. The topological polar surface area (TPSA) is 89.2 Å². The van der Waals surface area contributed by atoms with Gasteiger partial charge in [0, 0.05) is 11.5 Å². The maximum absolute atomic E-state index is 11.3. The van der Waals surface area contributed by atoms with E-state index in [4.69, 9.17) is 11.6 Å². The SMILES string of the molecule is O=S1(=O)C=CC(Nc2cc(Cl)nc3ncnn23)C1. The van der Waals surface area contributed by atoms with E-state index >= 15 is 0 Å². The lowest BCUT2D eigenvalue weighted by molar-refractivity contribution is 0.605. The first kappa shape index (κ1) is 11.4. The zero-order valence-corrected chi connectivity index (χ0v) is 10.6. The Kier molecular flexibility index (Phi) is 2.49. The number of nitrogens with zero attached hydrogens (tertiary/aromatic N) is 4. The Bertz CT molecular complexity index is 738. The highest BCUT2D eigenvalue weighted by Gasteiger charge is 2.22. The Labute approximate surface area is 107 Å². The van der Waals surface area contributed by atoms with Gasteiger partial charge in [0.15, 0.2) is 9.84 Å². The molecule has 0 aromatic carbocycles. The molecule has 3 heterocycles. The molecule has 1 aliphatic rings. The molecule has 7 nitrogen and oxygen atoms in total. The maximum atomic E-state index is 11.3. The van der Waals surface area contributed by atoms with Gasteiger partial charge in [0.2, 0.25) is 0 Å². The third kappa shape index (κ3) is 2.04. The first-order chi connectivity index (χ1) is 8.53. The lowest BCUT2D eigenvalue weighted by Gasteiger charge is -2.12. The summed E-state index contributed by atoms with van der Waals surface area (Å²) in [6.45, 7) is 0. The molecule has 2 aromatic heterocycles. The van der Waals surface area contributed by atoms with Gasteiger partial charge in [0.1, 0.15) is 17.3 Å². The molecule has 0 saturated heterocycles. The van der Waals surface area contributed by atoms with Crippen molar-refractivity contribution in [1.29, 1.82) is 0 Å². The van der Waals surface area contributed by atoms with Crippen LogP contribution in [0.2, 0.25) is 5.15 Å². The molecule has 3 rings (SSSR count). The summed E-state index contributed by atoms with van der Waals surface area (Å²) in [6.07, 6.45) is 2.94. The van der Waals surface area contributed by atoms with Crippen molar-refractivity contribution in [1.82, 2.24) is 19.6 Å². The second-order valence-corrected chi connectivity index (χ2v) is 6.16. The molecule has 2 aromatic rings. The number of sulfone groups is 1. The van der Waals surface area contributed by atoms with Crippen LogP contribution in [0.5, 0.6) is 0 Å². The predicted octanol–water partition coefficient (Wildman–Crippen LogP) is 0.500. The van der Waals surface area contributed by atoms with Gasteiger partial charge in [-0.3, -0.25) is 0 Å². The summed E-state index contributed by atoms with van der Waals surface area (Å²) in [6, 6.07) is 1.27. The average molecular weight is 286 g/mol. The van der Waals surface area contributed by atoms with Crippen LogP contribution < -0.4 is 5.32 Å². The number of anilines is 1. The minimum absolute atomic E-state index is 0.0170. The van der Waals surface area contributed by atoms with Crippen LogP contribution in [0, 0.1) is 0 Å². The quantitative estimate of drug-likeness (QED) is 0.808. The molecule has 9 heteroatoms. The fraction of sp³-hybridized carbons (Fsp3) is 0.222. The Hall–Kier alpha value is -1.67. The molecular formula is C9H8ClN5O2S. The molecule has 0 aliphatic carbocycles. The van der Waals surface area contributed by atoms with Crippen LogP contribution in [0.15, 0.2) is 23.9 Å². The number of fused-ring (bicyclic) bond motifs is 1. The molecule has 0 spiro atoms. The minimum atomic E-state index is -3.10. The van der Waals surface area contributed by atoms with E-state index in [2.05, 4.69) is 20.4 Å². The van der Waals surface area contributed by atoms with Crippen LogP contribution in [0.3, 0.4) is 0 Å². The molecule has 0 fully saturated rings. The molecular weight excluding hydrogens is 278 g/mol. The molecule has 1 atom stereocenters. The summed E-state index contributed by atoms with van der Waals surface area (Å²) >= 11 is 5.85. The molecule has 1 aliphatic heterocycles. The lowest BCUT2D eigenvalue weighted by Crippen LogP contribution is -2.22. The fourth-order valence-corrected chi connectivity index (χ4v) is 3.16. The highest BCUT2D eigenvalue weighted by Crippen LogP contribution is 2.18. The standard InChI is InChI=1S/C9H8ClN5O2S/c10-7-3-8(15-9(14-7)11-5-12-15)13-6-1-2-18(16,17)4-6/h1-3,5-6,13H,4H2. The van der Waals surface area contributed by atoms with Gasteiger partial charge >= 0.3 is 0 Å². The van der Waals surface area contributed by atoms with Crippen molar-refractivity contribution in [3.05, 3.63) is 29.0 Å². The number of halogens is 1. The van der Waals surface area contributed by atoms with Crippen molar-refractivity contribution in [3.8, 4) is 0 Å². The summed E-state index contributed by atoms with van der Waals surface area (Å²) in [7, 11) is -3.10. The number of hydrogen-bond acceptors (Lipinski definition) is 6. The molecule has 0 amide bonds. The van der Waals surface area contributed by atoms with Crippen LogP contribution in [0.25, 0.3) is 5.78 Å². The van der Waals surface area contributed by atoms with E-state index in [1.807, 2.05) is 0 Å². The Morgan fingerprint density at radius 3 is 3.06 bits per heavy atom. The van der Waals surface area contributed by atoms with Gasteiger partial charge in [-0.25, -0.2) is 8.42 Å². The van der Waals surface area contributed by atoms with E-state index in [1.54, 1.807) is 12.1 Å². The van der Waals surface area contributed by atoms with Crippen molar-refractivity contribution in [3.63, 3.8) is 0 Å². The van der Waals surface area contributed by atoms with E-state index in [-0.39, 0.29) is 16.9 Å². The first-order valence-corrected chi connectivity index (χ1v) is 7.17. The largest absolute Gasteiger partial charge is 0.363 e. The molecule has 18 heavy (non-hydrogen) atoms. The lowest BCUT2D eigenvalue weighted by atomic mass is 10.3. The van der Waals surface area contributed by atoms with E-state index in [9.17, 15) is 8.42 Å². The molecule has 0 radical (unpaired) electrons. The highest BCUT2D eigenvalue weighted by molar-refractivity contribution is 7.94. The predicted molar refractivity (Wildman–Crippen MR) is 66.1 cm³/mol. The summed E-state index contributed by atoms with van der Waals surface area (Å²) in [5, 5.41) is 8.49. The number of rotatable bonds is 2. The van der Waals surface area contributed by atoms with Gasteiger partial charge < -0.3 is 5.32 Å². The molecule has 1 N–H and O–H groups in total.